The van der Waals surface area contributed by atoms with Gasteiger partial charge in [-0.15, -0.1) is 0 Å². The first kappa shape index (κ1) is 16.9. The van der Waals surface area contributed by atoms with Crippen LogP contribution >= 0.6 is 0 Å². The molecule has 4 rings (SSSR count). The summed E-state index contributed by atoms with van der Waals surface area (Å²) in [5.74, 6) is 1.67. The lowest BCUT2D eigenvalue weighted by molar-refractivity contribution is 0.0348. The molecule has 0 unspecified atom stereocenters. The summed E-state index contributed by atoms with van der Waals surface area (Å²) in [4.78, 5) is 7.14. The zero-order valence-corrected chi connectivity index (χ0v) is 15.7. The van der Waals surface area contributed by atoms with Crippen LogP contribution in [0, 0.1) is 0 Å². The topological polar surface area (TPSA) is 68.3 Å². The van der Waals surface area contributed by atoms with Crippen LogP contribution in [-0.2, 0) is 14.1 Å². The second-order valence-corrected chi connectivity index (χ2v) is 7.37. The van der Waals surface area contributed by atoms with Gasteiger partial charge in [-0.05, 0) is 31.9 Å². The number of ether oxygens (including phenoxy) is 1. The fourth-order valence-corrected chi connectivity index (χ4v) is 3.71. The fraction of sp³-hybridized carbons (Fsp3) is 0.474. The minimum absolute atomic E-state index is 0.584. The van der Waals surface area contributed by atoms with Crippen LogP contribution in [0.25, 0.3) is 22.2 Å². The lowest BCUT2D eigenvalue weighted by atomic mass is 9.94. The Morgan fingerprint density at radius 2 is 1.92 bits per heavy atom. The number of aryl methyl sites for hydroxylation is 2. The number of fused-ring (bicyclic) bond motifs is 1. The highest BCUT2D eigenvalue weighted by atomic mass is 16.5. The van der Waals surface area contributed by atoms with Crippen LogP contribution in [0.2, 0.25) is 0 Å². The molecule has 1 N–H and O–H groups in total. The predicted octanol–water partition coefficient (Wildman–Crippen LogP) is 2.33. The SMILES string of the molecule is COc1ccc(-c2cnn(C)c2)c2c1nc(N1CCC(C)(O)CC1)n2C. The number of aliphatic hydroxyl groups is 1. The van der Waals surface area contributed by atoms with Crippen molar-refractivity contribution in [3.8, 4) is 16.9 Å². The van der Waals surface area contributed by atoms with Crippen LogP contribution in [0.5, 0.6) is 5.75 Å². The Labute approximate surface area is 152 Å². The molecular formula is C19H25N5O2. The van der Waals surface area contributed by atoms with Crippen molar-refractivity contribution in [1.82, 2.24) is 19.3 Å². The number of methoxy groups -OCH3 is 1. The van der Waals surface area contributed by atoms with Crippen molar-refractivity contribution in [1.29, 1.82) is 0 Å². The lowest BCUT2D eigenvalue weighted by Crippen LogP contribution is -2.43. The number of hydrogen-bond acceptors (Lipinski definition) is 5. The van der Waals surface area contributed by atoms with Crippen molar-refractivity contribution in [2.24, 2.45) is 14.1 Å². The Morgan fingerprint density at radius 1 is 1.19 bits per heavy atom. The van der Waals surface area contributed by atoms with E-state index in [1.165, 1.54) is 0 Å². The largest absolute Gasteiger partial charge is 0.494 e. The molecule has 0 radical (unpaired) electrons. The molecular weight excluding hydrogens is 330 g/mol. The minimum atomic E-state index is -0.584. The number of rotatable bonds is 3. The van der Waals surface area contributed by atoms with Crippen LogP contribution in [0.4, 0.5) is 5.95 Å². The van der Waals surface area contributed by atoms with Gasteiger partial charge in [0.2, 0.25) is 5.95 Å². The molecule has 0 aliphatic carbocycles. The van der Waals surface area contributed by atoms with Gasteiger partial charge in [0.1, 0.15) is 11.3 Å². The quantitative estimate of drug-likeness (QED) is 0.781. The maximum Gasteiger partial charge on any atom is 0.206 e. The van der Waals surface area contributed by atoms with Gasteiger partial charge in [-0.25, -0.2) is 4.98 Å². The molecule has 1 saturated heterocycles. The molecule has 0 spiro atoms. The molecule has 1 fully saturated rings. The fourth-order valence-electron chi connectivity index (χ4n) is 3.71. The van der Waals surface area contributed by atoms with E-state index in [0.29, 0.717) is 0 Å². The monoisotopic (exact) mass is 355 g/mol. The van der Waals surface area contributed by atoms with Gasteiger partial charge >= 0.3 is 0 Å². The molecule has 0 saturated carbocycles. The number of aromatic nitrogens is 4. The third-order valence-corrected chi connectivity index (χ3v) is 5.32. The molecule has 0 bridgehead atoms. The van der Waals surface area contributed by atoms with Gasteiger partial charge in [-0.2, -0.15) is 5.10 Å². The third kappa shape index (κ3) is 2.72. The van der Waals surface area contributed by atoms with Crippen LogP contribution in [0.1, 0.15) is 19.8 Å². The summed E-state index contributed by atoms with van der Waals surface area (Å²) in [6.07, 6.45) is 5.35. The Kier molecular flexibility index (Phi) is 3.91. The van der Waals surface area contributed by atoms with E-state index >= 15 is 0 Å². The number of imidazole rings is 1. The highest BCUT2D eigenvalue weighted by Crippen LogP contribution is 2.37. The Balaban J connectivity index is 1.85. The average molecular weight is 355 g/mol. The van der Waals surface area contributed by atoms with Crippen molar-refractivity contribution in [2.45, 2.75) is 25.4 Å². The second-order valence-electron chi connectivity index (χ2n) is 7.37. The van der Waals surface area contributed by atoms with Gasteiger partial charge in [0.05, 0.1) is 24.4 Å². The van der Waals surface area contributed by atoms with Crippen molar-refractivity contribution in [3.05, 3.63) is 24.5 Å². The minimum Gasteiger partial charge on any atom is -0.494 e. The van der Waals surface area contributed by atoms with E-state index in [-0.39, 0.29) is 0 Å². The molecule has 2 aromatic heterocycles. The van der Waals surface area contributed by atoms with Gasteiger partial charge in [0.15, 0.2) is 0 Å². The zero-order valence-electron chi connectivity index (χ0n) is 15.7. The Hall–Kier alpha value is -2.54. The van der Waals surface area contributed by atoms with E-state index in [2.05, 4.69) is 20.6 Å². The van der Waals surface area contributed by atoms with E-state index in [4.69, 9.17) is 9.72 Å². The normalized spacial score (nSPS) is 17.0. The van der Waals surface area contributed by atoms with Gasteiger partial charge in [-0.1, -0.05) is 0 Å². The van der Waals surface area contributed by atoms with E-state index in [0.717, 1.165) is 59.8 Å². The Bertz CT molecular complexity index is 946. The smallest absolute Gasteiger partial charge is 0.206 e. The van der Waals surface area contributed by atoms with Crippen LogP contribution in [-0.4, -0.2) is 50.2 Å². The summed E-state index contributed by atoms with van der Waals surface area (Å²) in [5, 5.41) is 14.5. The van der Waals surface area contributed by atoms with Crippen LogP contribution < -0.4 is 9.64 Å². The second kappa shape index (κ2) is 6.02. The van der Waals surface area contributed by atoms with Gasteiger partial charge in [0.25, 0.3) is 0 Å². The molecule has 3 heterocycles. The van der Waals surface area contributed by atoms with Crippen molar-refractivity contribution in [2.75, 3.05) is 25.1 Å². The van der Waals surface area contributed by atoms with Crippen LogP contribution in [0.15, 0.2) is 24.5 Å². The van der Waals surface area contributed by atoms with Crippen molar-refractivity contribution < 1.29 is 9.84 Å². The molecule has 0 atom stereocenters. The first-order chi connectivity index (χ1) is 12.4. The lowest BCUT2D eigenvalue weighted by Gasteiger charge is -2.36. The summed E-state index contributed by atoms with van der Waals surface area (Å²) in [7, 11) is 5.63. The molecule has 1 aliphatic rings. The van der Waals surface area contributed by atoms with Gasteiger partial charge in [-0.3, -0.25) is 4.68 Å². The van der Waals surface area contributed by atoms with Crippen molar-refractivity contribution >= 4 is 17.0 Å². The summed E-state index contributed by atoms with van der Waals surface area (Å²) >= 11 is 0. The molecule has 0 amide bonds. The number of nitrogens with zero attached hydrogens (tertiary/aromatic N) is 5. The predicted molar refractivity (Wildman–Crippen MR) is 102 cm³/mol. The highest BCUT2D eigenvalue weighted by Gasteiger charge is 2.30. The first-order valence-electron chi connectivity index (χ1n) is 8.89. The number of piperidine rings is 1. The summed E-state index contributed by atoms with van der Waals surface area (Å²) in [6, 6.07) is 4.02. The number of benzene rings is 1. The number of anilines is 1. The molecule has 3 aromatic rings. The van der Waals surface area contributed by atoms with E-state index in [9.17, 15) is 5.11 Å². The first-order valence-corrected chi connectivity index (χ1v) is 8.89. The van der Waals surface area contributed by atoms with Gasteiger partial charge in [0, 0.05) is 44.5 Å². The molecule has 7 heteroatoms. The maximum atomic E-state index is 10.2. The highest BCUT2D eigenvalue weighted by molar-refractivity contribution is 5.97. The van der Waals surface area contributed by atoms with E-state index < -0.39 is 5.60 Å². The molecule has 7 nitrogen and oxygen atoms in total. The van der Waals surface area contributed by atoms with E-state index in [1.807, 2.05) is 39.5 Å². The summed E-state index contributed by atoms with van der Waals surface area (Å²) in [6.45, 7) is 3.48. The number of hydrogen-bond donors (Lipinski definition) is 1. The zero-order chi connectivity index (χ0) is 18.5. The van der Waals surface area contributed by atoms with Gasteiger partial charge < -0.3 is 19.3 Å². The van der Waals surface area contributed by atoms with Crippen molar-refractivity contribution in [3.63, 3.8) is 0 Å². The van der Waals surface area contributed by atoms with Crippen LogP contribution in [0.3, 0.4) is 0 Å². The van der Waals surface area contributed by atoms with E-state index in [1.54, 1.807) is 11.8 Å². The third-order valence-electron chi connectivity index (χ3n) is 5.32. The standard InChI is InChI=1S/C19H25N5O2/c1-19(25)7-9-24(10-8-19)18-21-16-15(26-4)6-5-14(17(16)23(18)3)13-11-20-22(2)12-13/h5-6,11-12,25H,7-10H2,1-4H3. The molecule has 1 aromatic carbocycles. The maximum absolute atomic E-state index is 10.2. The molecule has 26 heavy (non-hydrogen) atoms. The molecule has 1 aliphatic heterocycles. The molecule has 138 valence electrons. The summed E-state index contributed by atoms with van der Waals surface area (Å²) in [5.41, 5.74) is 3.43. The summed E-state index contributed by atoms with van der Waals surface area (Å²) < 4.78 is 9.48. The Morgan fingerprint density at radius 3 is 2.54 bits per heavy atom. The average Bonchev–Trinajstić information content (AvgIpc) is 3.19.